The molecule has 0 spiro atoms. The van der Waals surface area contributed by atoms with E-state index in [2.05, 4.69) is 44.4 Å². The van der Waals surface area contributed by atoms with E-state index in [0.717, 1.165) is 24.2 Å². The third kappa shape index (κ3) is 3.64. The molecule has 1 aliphatic heterocycles. The fourth-order valence-corrected chi connectivity index (χ4v) is 4.53. The average Bonchev–Trinajstić information content (AvgIpc) is 3.13. The monoisotopic (exact) mass is 433 g/mol. The first-order valence-corrected chi connectivity index (χ1v) is 10.6. The zero-order valence-corrected chi connectivity index (χ0v) is 18.1. The van der Waals surface area contributed by atoms with Crippen LogP contribution in [-0.4, -0.2) is 50.8 Å². The number of rotatable bonds is 3. The summed E-state index contributed by atoms with van der Waals surface area (Å²) in [5, 5.41) is 11.9. The van der Waals surface area contributed by atoms with Crippen molar-refractivity contribution >= 4 is 39.1 Å². The van der Waals surface area contributed by atoms with Crippen molar-refractivity contribution in [2.24, 2.45) is 7.05 Å². The summed E-state index contributed by atoms with van der Waals surface area (Å²) < 4.78 is 16.0. The van der Waals surface area contributed by atoms with Gasteiger partial charge in [0, 0.05) is 66.8 Å². The van der Waals surface area contributed by atoms with E-state index in [0.29, 0.717) is 34.2 Å². The Morgan fingerprint density at radius 3 is 2.75 bits per heavy atom. The lowest BCUT2D eigenvalue weighted by Crippen LogP contribution is -2.54. The molecule has 0 aliphatic carbocycles. The molecule has 5 rings (SSSR count). The maximum absolute atomic E-state index is 14.4. The van der Waals surface area contributed by atoms with Crippen molar-refractivity contribution in [1.82, 2.24) is 25.1 Å². The number of anilines is 2. The fourth-order valence-electron chi connectivity index (χ4n) is 4.53. The van der Waals surface area contributed by atoms with Gasteiger partial charge in [-0.25, -0.2) is 14.4 Å². The van der Waals surface area contributed by atoms with Crippen molar-refractivity contribution < 1.29 is 9.18 Å². The number of nitrogens with one attached hydrogen (secondary N) is 2. The second-order valence-electron chi connectivity index (χ2n) is 8.44. The second-order valence-corrected chi connectivity index (χ2v) is 8.44. The van der Waals surface area contributed by atoms with Crippen LogP contribution in [-0.2, 0) is 7.05 Å². The molecule has 2 N–H and O–H groups in total. The molecule has 0 saturated carbocycles. The van der Waals surface area contributed by atoms with E-state index in [1.165, 1.54) is 12.4 Å². The number of halogens is 1. The van der Waals surface area contributed by atoms with Crippen molar-refractivity contribution in [2.75, 3.05) is 23.3 Å². The van der Waals surface area contributed by atoms with Crippen LogP contribution < -0.4 is 15.5 Å². The van der Waals surface area contributed by atoms with Gasteiger partial charge in [0.25, 0.3) is 5.91 Å². The van der Waals surface area contributed by atoms with Crippen LogP contribution in [0.25, 0.3) is 21.8 Å². The summed E-state index contributed by atoms with van der Waals surface area (Å²) in [6.45, 7) is 6.01. The quantitative estimate of drug-likeness (QED) is 0.516. The van der Waals surface area contributed by atoms with Gasteiger partial charge in [0.1, 0.15) is 11.8 Å². The molecule has 1 aliphatic rings. The zero-order chi connectivity index (χ0) is 22.4. The maximum Gasteiger partial charge on any atom is 0.257 e. The zero-order valence-electron chi connectivity index (χ0n) is 18.1. The number of aryl methyl sites for hydroxylation is 1. The molecule has 4 aromatic rings. The Labute approximate surface area is 184 Å². The predicted molar refractivity (Wildman–Crippen MR) is 122 cm³/mol. The highest BCUT2D eigenvalue weighted by molar-refractivity contribution is 6.14. The van der Waals surface area contributed by atoms with Gasteiger partial charge >= 0.3 is 0 Å². The Hall–Kier alpha value is -3.59. The molecule has 1 saturated heterocycles. The van der Waals surface area contributed by atoms with Crippen molar-refractivity contribution in [3.8, 4) is 0 Å². The van der Waals surface area contributed by atoms with Crippen LogP contribution in [0.15, 0.2) is 43.0 Å². The van der Waals surface area contributed by atoms with Crippen LogP contribution in [0.2, 0.25) is 0 Å². The molecule has 1 amide bonds. The van der Waals surface area contributed by atoms with E-state index in [1.54, 1.807) is 36.3 Å². The number of carbonyl (C=O) groups is 1. The summed E-state index contributed by atoms with van der Waals surface area (Å²) in [6, 6.07) is 7.39. The molecule has 3 heterocycles. The molecular weight excluding hydrogens is 409 g/mol. The smallest absolute Gasteiger partial charge is 0.257 e. The lowest BCUT2D eigenvalue weighted by Gasteiger charge is -2.38. The van der Waals surface area contributed by atoms with E-state index in [1.807, 2.05) is 6.07 Å². The van der Waals surface area contributed by atoms with Crippen LogP contribution in [0.5, 0.6) is 0 Å². The number of hydrogen-bond donors (Lipinski definition) is 2. The third-order valence-electron chi connectivity index (χ3n) is 5.73. The van der Waals surface area contributed by atoms with Gasteiger partial charge in [0.05, 0.1) is 11.1 Å². The van der Waals surface area contributed by atoms with Gasteiger partial charge < -0.3 is 15.5 Å². The Morgan fingerprint density at radius 1 is 1.19 bits per heavy atom. The van der Waals surface area contributed by atoms with Crippen molar-refractivity contribution in [3.63, 3.8) is 0 Å². The number of fused-ring (bicyclic) bond motifs is 2. The minimum Gasteiger partial charge on any atom is -0.368 e. The standard InChI is InChI=1S/C23H24FN7O/c1-13-9-31(10-14(2)27-13)20-5-4-17(22-18(20)8-25-12-26-22)23(32)28-16-6-15-11-30(3)29-21(15)19(24)7-16/h4-8,11-14,27H,9-10H2,1-3H3,(H,28,32)/t13-,14-/m0/s1. The van der Waals surface area contributed by atoms with Gasteiger partial charge in [0.15, 0.2) is 5.82 Å². The van der Waals surface area contributed by atoms with Crippen molar-refractivity contribution in [3.05, 3.63) is 54.4 Å². The SMILES string of the molecule is C[C@H]1CN(c2ccc(C(=O)Nc3cc(F)c4nn(C)cc4c3)c3ncncc23)C[C@H](C)N1. The van der Waals surface area contributed by atoms with Gasteiger partial charge in [-0.3, -0.25) is 9.48 Å². The van der Waals surface area contributed by atoms with Crippen molar-refractivity contribution in [1.29, 1.82) is 0 Å². The number of carbonyl (C=O) groups excluding carboxylic acids is 1. The molecule has 1 fully saturated rings. The Kier molecular flexibility index (Phi) is 4.97. The van der Waals surface area contributed by atoms with Crippen LogP contribution in [0.4, 0.5) is 15.8 Å². The number of nitrogens with zero attached hydrogens (tertiary/aromatic N) is 5. The Morgan fingerprint density at radius 2 is 1.97 bits per heavy atom. The molecule has 2 aromatic heterocycles. The van der Waals surface area contributed by atoms with Crippen LogP contribution >= 0.6 is 0 Å². The normalized spacial score (nSPS) is 18.9. The second kappa shape index (κ2) is 7.83. The number of piperazine rings is 1. The van der Waals surface area contributed by atoms with Crippen molar-refractivity contribution in [2.45, 2.75) is 25.9 Å². The highest BCUT2D eigenvalue weighted by Crippen LogP contribution is 2.30. The molecule has 2 aromatic carbocycles. The van der Waals surface area contributed by atoms with Crippen LogP contribution in [0, 0.1) is 5.82 Å². The molecule has 9 heteroatoms. The maximum atomic E-state index is 14.4. The summed E-state index contributed by atoms with van der Waals surface area (Å²) in [6.07, 6.45) is 4.89. The van der Waals surface area contributed by atoms with E-state index in [-0.39, 0.29) is 11.4 Å². The first-order chi connectivity index (χ1) is 15.4. The highest BCUT2D eigenvalue weighted by Gasteiger charge is 2.24. The Bertz CT molecular complexity index is 1320. The summed E-state index contributed by atoms with van der Waals surface area (Å²) in [4.78, 5) is 24.0. The minimum atomic E-state index is -0.483. The molecule has 0 bridgehead atoms. The molecule has 8 nitrogen and oxygen atoms in total. The van der Waals surface area contributed by atoms with Crippen LogP contribution in [0.1, 0.15) is 24.2 Å². The van der Waals surface area contributed by atoms with Crippen LogP contribution in [0.3, 0.4) is 0 Å². The minimum absolute atomic E-state index is 0.271. The number of hydrogen-bond acceptors (Lipinski definition) is 6. The molecule has 164 valence electrons. The summed E-state index contributed by atoms with van der Waals surface area (Å²) in [5.41, 5.74) is 2.61. The molecular formula is C23H24FN7O. The molecule has 32 heavy (non-hydrogen) atoms. The van der Waals surface area contributed by atoms with E-state index >= 15 is 0 Å². The molecule has 0 unspecified atom stereocenters. The van der Waals surface area contributed by atoms with E-state index in [9.17, 15) is 9.18 Å². The van der Waals surface area contributed by atoms with Gasteiger partial charge in [-0.15, -0.1) is 0 Å². The number of aromatic nitrogens is 4. The Balaban J connectivity index is 1.50. The first kappa shape index (κ1) is 20.3. The van der Waals surface area contributed by atoms with Gasteiger partial charge in [-0.05, 0) is 38.1 Å². The lowest BCUT2D eigenvalue weighted by molar-refractivity contribution is 0.102. The van der Waals surface area contributed by atoms with Gasteiger partial charge in [0.2, 0.25) is 0 Å². The average molecular weight is 433 g/mol. The van der Waals surface area contributed by atoms with Gasteiger partial charge in [-0.2, -0.15) is 5.10 Å². The third-order valence-corrected chi connectivity index (χ3v) is 5.73. The largest absolute Gasteiger partial charge is 0.368 e. The van der Waals surface area contributed by atoms with Gasteiger partial charge in [-0.1, -0.05) is 0 Å². The predicted octanol–water partition coefficient (Wildman–Crippen LogP) is 3.09. The first-order valence-electron chi connectivity index (χ1n) is 10.6. The number of amides is 1. The highest BCUT2D eigenvalue weighted by atomic mass is 19.1. The fraction of sp³-hybridized carbons (Fsp3) is 0.304. The summed E-state index contributed by atoms with van der Waals surface area (Å²) in [7, 11) is 1.73. The molecule has 2 atom stereocenters. The summed E-state index contributed by atoms with van der Waals surface area (Å²) in [5.74, 6) is -0.840. The van der Waals surface area contributed by atoms with E-state index < -0.39 is 5.82 Å². The lowest BCUT2D eigenvalue weighted by atomic mass is 10.0. The molecule has 0 radical (unpaired) electrons. The summed E-state index contributed by atoms with van der Waals surface area (Å²) >= 11 is 0. The number of benzene rings is 2. The topological polar surface area (TPSA) is 88.0 Å². The van der Waals surface area contributed by atoms with E-state index in [4.69, 9.17) is 0 Å².